The van der Waals surface area contributed by atoms with Crippen molar-refractivity contribution in [2.75, 3.05) is 11.4 Å². The van der Waals surface area contributed by atoms with Crippen molar-refractivity contribution in [3.63, 3.8) is 0 Å². The van der Waals surface area contributed by atoms with E-state index >= 15 is 0 Å². The summed E-state index contributed by atoms with van der Waals surface area (Å²) in [6.45, 7) is 0.806. The molecule has 1 fully saturated rings. The number of hydrogen-bond donors (Lipinski definition) is 0. The first-order chi connectivity index (χ1) is 13.6. The van der Waals surface area contributed by atoms with Crippen LogP contribution in [0.15, 0.2) is 35.0 Å². The van der Waals surface area contributed by atoms with Crippen molar-refractivity contribution in [2.45, 2.75) is 25.9 Å². The molecule has 1 aliphatic rings. The number of ether oxygens (including phenoxy) is 1. The Balaban J connectivity index is 1.31. The Morgan fingerprint density at radius 2 is 1.93 bits per heavy atom. The smallest absolute Gasteiger partial charge is 0.312 e. The van der Waals surface area contributed by atoms with Gasteiger partial charge in [-0.15, -0.1) is 22.7 Å². The molecule has 0 N–H and O–H groups in total. The minimum atomic E-state index is -0.370. The largest absolute Gasteiger partial charge is 0.459 e. The standard InChI is InChI=1S/C19H16ClN3O3S2/c20-13-5-3-12(4-6-13)18-21-15(11-27-18)9-26-17(25)8-14-10-28-19(22-14)23-7-1-2-16(23)24/h3-6,10-11H,1-2,7-9H2. The third kappa shape index (κ3) is 4.40. The highest BCUT2D eigenvalue weighted by Gasteiger charge is 2.24. The van der Waals surface area contributed by atoms with E-state index in [0.717, 1.165) is 17.0 Å². The van der Waals surface area contributed by atoms with E-state index in [-0.39, 0.29) is 24.9 Å². The van der Waals surface area contributed by atoms with Crippen molar-refractivity contribution >= 4 is 51.3 Å². The summed E-state index contributed by atoms with van der Waals surface area (Å²) < 4.78 is 5.32. The van der Waals surface area contributed by atoms with Gasteiger partial charge in [0, 0.05) is 34.3 Å². The van der Waals surface area contributed by atoms with Gasteiger partial charge in [0.25, 0.3) is 0 Å². The Kier molecular flexibility index (Phi) is 5.70. The van der Waals surface area contributed by atoms with Crippen LogP contribution in [0.2, 0.25) is 5.02 Å². The van der Waals surface area contributed by atoms with E-state index in [4.69, 9.17) is 16.3 Å². The number of thiazole rings is 2. The third-order valence-electron chi connectivity index (χ3n) is 4.19. The lowest BCUT2D eigenvalue weighted by atomic mass is 10.2. The SMILES string of the molecule is O=C(Cc1csc(N2CCCC2=O)n1)OCc1csc(-c2ccc(Cl)cc2)n1. The molecule has 4 rings (SSSR count). The summed E-state index contributed by atoms with van der Waals surface area (Å²) in [5.41, 5.74) is 2.29. The molecule has 2 aromatic heterocycles. The number of halogens is 1. The van der Waals surface area contributed by atoms with Crippen LogP contribution < -0.4 is 4.90 Å². The number of carbonyl (C=O) groups is 2. The van der Waals surface area contributed by atoms with Crippen LogP contribution in [-0.4, -0.2) is 28.4 Å². The third-order valence-corrected chi connectivity index (χ3v) is 6.30. The normalized spacial score (nSPS) is 13.9. The fourth-order valence-corrected chi connectivity index (χ4v) is 4.61. The molecule has 1 aromatic carbocycles. The van der Waals surface area contributed by atoms with Gasteiger partial charge in [-0.2, -0.15) is 0 Å². The lowest BCUT2D eigenvalue weighted by Gasteiger charge is -2.10. The van der Waals surface area contributed by atoms with Crippen LogP contribution >= 0.6 is 34.3 Å². The number of amides is 1. The Hall–Kier alpha value is -2.29. The predicted octanol–water partition coefficient (Wildman–Crippen LogP) is 4.33. The quantitative estimate of drug-likeness (QED) is 0.541. The monoisotopic (exact) mass is 433 g/mol. The van der Waals surface area contributed by atoms with Crippen LogP contribution in [0.1, 0.15) is 24.2 Å². The van der Waals surface area contributed by atoms with Crippen LogP contribution in [0, 0.1) is 0 Å². The zero-order valence-electron chi connectivity index (χ0n) is 14.8. The second-order valence-corrected chi connectivity index (χ2v) is 8.39. The van der Waals surface area contributed by atoms with Gasteiger partial charge in [-0.25, -0.2) is 9.97 Å². The molecule has 1 saturated heterocycles. The Bertz CT molecular complexity index is 1000. The molecule has 0 radical (unpaired) electrons. The maximum atomic E-state index is 12.1. The number of hydrogen-bond acceptors (Lipinski definition) is 7. The van der Waals surface area contributed by atoms with Crippen molar-refractivity contribution in [3.8, 4) is 10.6 Å². The average molecular weight is 434 g/mol. The second-order valence-electron chi connectivity index (χ2n) is 6.26. The minimum Gasteiger partial charge on any atom is -0.459 e. The Morgan fingerprint density at radius 1 is 1.14 bits per heavy atom. The van der Waals surface area contributed by atoms with E-state index in [9.17, 15) is 9.59 Å². The summed E-state index contributed by atoms with van der Waals surface area (Å²) in [4.78, 5) is 34.4. The van der Waals surface area contributed by atoms with Gasteiger partial charge in [0.2, 0.25) is 5.91 Å². The van der Waals surface area contributed by atoms with E-state index in [2.05, 4.69) is 9.97 Å². The summed E-state index contributed by atoms with van der Waals surface area (Å²) in [6.07, 6.45) is 1.48. The van der Waals surface area contributed by atoms with Crippen LogP contribution in [0.4, 0.5) is 5.13 Å². The zero-order chi connectivity index (χ0) is 19.5. The lowest BCUT2D eigenvalue weighted by Crippen LogP contribution is -2.23. The number of nitrogens with zero attached hydrogens (tertiary/aromatic N) is 3. The molecule has 0 saturated carbocycles. The van der Waals surface area contributed by atoms with E-state index in [1.54, 1.807) is 10.3 Å². The van der Waals surface area contributed by atoms with E-state index in [1.165, 1.54) is 22.7 Å². The topological polar surface area (TPSA) is 72.4 Å². The molecule has 0 unspecified atom stereocenters. The lowest BCUT2D eigenvalue weighted by molar-refractivity contribution is -0.144. The fraction of sp³-hybridized carbons (Fsp3) is 0.263. The Labute approximate surface area is 174 Å². The Morgan fingerprint density at radius 3 is 2.68 bits per heavy atom. The van der Waals surface area contributed by atoms with Gasteiger partial charge in [0.15, 0.2) is 5.13 Å². The molecule has 1 aliphatic heterocycles. The average Bonchev–Trinajstić information content (AvgIpc) is 3.41. The summed E-state index contributed by atoms with van der Waals surface area (Å²) in [5, 5.41) is 5.84. The number of carbonyl (C=O) groups excluding carboxylic acids is 2. The molecular formula is C19H16ClN3O3S2. The fourth-order valence-electron chi connectivity index (χ4n) is 2.80. The highest BCUT2D eigenvalue weighted by atomic mass is 35.5. The molecule has 3 aromatic rings. The van der Waals surface area contributed by atoms with Crippen molar-refractivity contribution in [3.05, 3.63) is 51.4 Å². The summed E-state index contributed by atoms with van der Waals surface area (Å²) in [7, 11) is 0. The van der Waals surface area contributed by atoms with Crippen molar-refractivity contribution in [2.24, 2.45) is 0 Å². The van der Waals surface area contributed by atoms with E-state index in [1.807, 2.05) is 29.6 Å². The summed E-state index contributed by atoms with van der Waals surface area (Å²) in [6, 6.07) is 7.44. The highest BCUT2D eigenvalue weighted by Crippen LogP contribution is 2.27. The molecule has 144 valence electrons. The van der Waals surface area contributed by atoms with Gasteiger partial charge in [-0.1, -0.05) is 23.7 Å². The predicted molar refractivity (Wildman–Crippen MR) is 110 cm³/mol. The minimum absolute atomic E-state index is 0.0761. The zero-order valence-corrected chi connectivity index (χ0v) is 17.1. The maximum Gasteiger partial charge on any atom is 0.312 e. The summed E-state index contributed by atoms with van der Waals surface area (Å²) >= 11 is 8.77. The second kappa shape index (κ2) is 8.38. The van der Waals surface area contributed by atoms with Gasteiger partial charge in [0.1, 0.15) is 11.6 Å². The van der Waals surface area contributed by atoms with Crippen molar-refractivity contribution in [1.82, 2.24) is 9.97 Å². The van der Waals surface area contributed by atoms with E-state index in [0.29, 0.717) is 34.5 Å². The first kappa shape index (κ1) is 19.0. The number of esters is 1. The first-order valence-electron chi connectivity index (χ1n) is 8.69. The van der Waals surface area contributed by atoms with E-state index < -0.39 is 0 Å². The molecule has 1 amide bonds. The highest BCUT2D eigenvalue weighted by molar-refractivity contribution is 7.14. The molecular weight excluding hydrogens is 418 g/mol. The van der Waals surface area contributed by atoms with Crippen molar-refractivity contribution < 1.29 is 14.3 Å². The molecule has 6 nitrogen and oxygen atoms in total. The molecule has 9 heteroatoms. The van der Waals surface area contributed by atoms with Gasteiger partial charge >= 0.3 is 5.97 Å². The number of rotatable bonds is 6. The number of benzene rings is 1. The number of aromatic nitrogens is 2. The van der Waals surface area contributed by atoms with Crippen LogP contribution in [-0.2, 0) is 27.4 Å². The number of anilines is 1. The molecule has 0 bridgehead atoms. The molecule has 28 heavy (non-hydrogen) atoms. The first-order valence-corrected chi connectivity index (χ1v) is 10.8. The van der Waals surface area contributed by atoms with Crippen LogP contribution in [0.3, 0.4) is 0 Å². The van der Waals surface area contributed by atoms with Gasteiger partial charge in [0.05, 0.1) is 17.8 Å². The van der Waals surface area contributed by atoms with Gasteiger partial charge in [-0.05, 0) is 18.6 Å². The molecule has 0 atom stereocenters. The molecule has 0 aliphatic carbocycles. The van der Waals surface area contributed by atoms with Crippen LogP contribution in [0.5, 0.6) is 0 Å². The molecule has 3 heterocycles. The van der Waals surface area contributed by atoms with Gasteiger partial charge in [-0.3, -0.25) is 14.5 Å². The molecule has 0 spiro atoms. The maximum absolute atomic E-state index is 12.1. The van der Waals surface area contributed by atoms with Crippen molar-refractivity contribution in [1.29, 1.82) is 0 Å². The van der Waals surface area contributed by atoms with Gasteiger partial charge < -0.3 is 4.74 Å². The summed E-state index contributed by atoms with van der Waals surface area (Å²) in [5.74, 6) is -0.283. The van der Waals surface area contributed by atoms with Crippen LogP contribution in [0.25, 0.3) is 10.6 Å².